The lowest BCUT2D eigenvalue weighted by atomic mass is 9.95. The van der Waals surface area contributed by atoms with Gasteiger partial charge in [0.25, 0.3) is 0 Å². The summed E-state index contributed by atoms with van der Waals surface area (Å²) in [5.74, 6) is 0.546. The number of carbonyl (C=O) groups is 1. The minimum absolute atomic E-state index is 0.0122. The molecule has 1 saturated heterocycles. The Bertz CT molecular complexity index is 803. The predicted octanol–water partition coefficient (Wildman–Crippen LogP) is 4.44. The number of nitrogens with one attached hydrogen (secondary N) is 1. The van der Waals surface area contributed by atoms with Crippen LogP contribution in [-0.2, 0) is 17.7 Å². The molecule has 26 heavy (non-hydrogen) atoms. The van der Waals surface area contributed by atoms with Crippen LogP contribution in [0.25, 0.3) is 0 Å². The maximum Gasteiger partial charge on any atom is 0.415 e. The van der Waals surface area contributed by atoms with E-state index in [4.69, 9.17) is 4.74 Å². The number of carbonyl (C=O) groups excluding carboxylic acids is 1. The number of fused-ring (bicyclic) bond motifs is 1. The Hall–Kier alpha value is -2.33. The number of benzene rings is 2. The minimum atomic E-state index is -0.246. The van der Waals surface area contributed by atoms with Gasteiger partial charge in [-0.05, 0) is 48.1 Å². The largest absolute Gasteiger partial charge is 0.444 e. The summed E-state index contributed by atoms with van der Waals surface area (Å²) in [7, 11) is 0. The van der Waals surface area contributed by atoms with E-state index in [1.165, 1.54) is 16.7 Å². The number of anilines is 1. The van der Waals surface area contributed by atoms with Gasteiger partial charge >= 0.3 is 6.09 Å². The first-order chi connectivity index (χ1) is 12.5. The van der Waals surface area contributed by atoms with Gasteiger partial charge in [-0.3, -0.25) is 4.90 Å². The number of amides is 1. The molecule has 0 saturated carbocycles. The van der Waals surface area contributed by atoms with Crippen LogP contribution in [0.15, 0.2) is 48.5 Å². The Morgan fingerprint density at radius 1 is 1.19 bits per heavy atom. The number of hydrogen-bond donors (Lipinski definition) is 1. The van der Waals surface area contributed by atoms with Gasteiger partial charge in [-0.2, -0.15) is 0 Å². The lowest BCUT2D eigenvalue weighted by Gasteiger charge is -2.24. The summed E-state index contributed by atoms with van der Waals surface area (Å²) >= 11 is 0. The van der Waals surface area contributed by atoms with Gasteiger partial charge in [0, 0.05) is 18.3 Å². The topological polar surface area (TPSA) is 41.6 Å². The molecule has 0 bridgehead atoms. The number of ether oxygens (including phenoxy) is 1. The van der Waals surface area contributed by atoms with E-state index in [-0.39, 0.29) is 18.2 Å². The van der Waals surface area contributed by atoms with Crippen molar-refractivity contribution >= 4 is 11.8 Å². The second-order valence-corrected chi connectivity index (χ2v) is 7.70. The monoisotopic (exact) mass is 350 g/mol. The molecule has 0 aliphatic carbocycles. The van der Waals surface area contributed by atoms with Crippen LogP contribution in [0.3, 0.4) is 0 Å². The molecule has 2 heterocycles. The lowest BCUT2D eigenvalue weighted by Crippen LogP contribution is -2.37. The predicted molar refractivity (Wildman–Crippen MR) is 103 cm³/mol. The zero-order chi connectivity index (χ0) is 18.3. The van der Waals surface area contributed by atoms with Crippen LogP contribution >= 0.6 is 0 Å². The minimum Gasteiger partial charge on any atom is -0.444 e. The smallest absolute Gasteiger partial charge is 0.415 e. The van der Waals surface area contributed by atoms with Gasteiger partial charge < -0.3 is 10.1 Å². The van der Waals surface area contributed by atoms with E-state index in [0.29, 0.717) is 12.0 Å². The summed E-state index contributed by atoms with van der Waals surface area (Å²) in [5, 5.41) is 3.58. The van der Waals surface area contributed by atoms with Crippen molar-refractivity contribution in [3.63, 3.8) is 0 Å². The summed E-state index contributed by atoms with van der Waals surface area (Å²) in [6.07, 6.45) is 0.416. The highest BCUT2D eigenvalue weighted by molar-refractivity contribution is 5.91. The molecule has 0 aromatic heterocycles. The lowest BCUT2D eigenvalue weighted by molar-refractivity contribution is 0.141. The highest BCUT2D eigenvalue weighted by atomic mass is 16.6. The van der Waals surface area contributed by atoms with Gasteiger partial charge in [0.2, 0.25) is 0 Å². The molecular formula is C22H26N2O2. The molecule has 2 aromatic carbocycles. The van der Waals surface area contributed by atoms with E-state index in [2.05, 4.69) is 49.5 Å². The van der Waals surface area contributed by atoms with E-state index in [1.54, 1.807) is 0 Å². The average Bonchev–Trinajstić information content (AvgIpc) is 3.16. The van der Waals surface area contributed by atoms with Gasteiger partial charge in [0.05, 0.1) is 6.04 Å². The molecule has 4 heteroatoms. The van der Waals surface area contributed by atoms with Crippen LogP contribution in [0, 0.1) is 5.92 Å². The molecule has 136 valence electrons. The first-order valence-electron chi connectivity index (χ1n) is 9.44. The summed E-state index contributed by atoms with van der Waals surface area (Å²) in [5.41, 5.74) is 4.79. The molecule has 3 atom stereocenters. The molecule has 1 fully saturated rings. The normalized spacial score (nSPS) is 24.8. The molecule has 1 amide bonds. The molecular weight excluding hydrogens is 324 g/mol. The van der Waals surface area contributed by atoms with Crippen LogP contribution in [-0.4, -0.2) is 18.2 Å². The number of cyclic esters (lactones) is 1. The van der Waals surface area contributed by atoms with Crippen molar-refractivity contribution in [2.45, 2.75) is 51.9 Å². The second kappa shape index (κ2) is 6.76. The molecule has 0 radical (unpaired) electrons. The number of nitrogens with zero attached hydrogens (tertiary/aromatic N) is 1. The Balaban J connectivity index is 1.64. The van der Waals surface area contributed by atoms with Crippen LogP contribution < -0.4 is 10.2 Å². The molecule has 3 unspecified atom stereocenters. The molecule has 4 rings (SSSR count). The Morgan fingerprint density at radius 2 is 1.96 bits per heavy atom. The third-order valence-electron chi connectivity index (χ3n) is 5.56. The highest BCUT2D eigenvalue weighted by Gasteiger charge is 2.40. The van der Waals surface area contributed by atoms with Gasteiger partial charge in [-0.1, -0.05) is 50.2 Å². The summed E-state index contributed by atoms with van der Waals surface area (Å²) < 4.78 is 5.56. The van der Waals surface area contributed by atoms with Crippen LogP contribution in [0.5, 0.6) is 0 Å². The van der Waals surface area contributed by atoms with Crippen molar-refractivity contribution < 1.29 is 9.53 Å². The van der Waals surface area contributed by atoms with E-state index in [0.717, 1.165) is 18.7 Å². The summed E-state index contributed by atoms with van der Waals surface area (Å²) in [4.78, 5) is 14.4. The number of hydrogen-bond acceptors (Lipinski definition) is 3. The van der Waals surface area contributed by atoms with Crippen LogP contribution in [0.2, 0.25) is 0 Å². The average molecular weight is 350 g/mol. The first-order valence-corrected chi connectivity index (χ1v) is 9.44. The van der Waals surface area contributed by atoms with E-state index in [9.17, 15) is 4.79 Å². The molecule has 2 aliphatic rings. The number of rotatable bonds is 4. The van der Waals surface area contributed by atoms with Gasteiger partial charge in [0.15, 0.2) is 0 Å². The maximum absolute atomic E-state index is 12.5. The van der Waals surface area contributed by atoms with Crippen molar-refractivity contribution in [2.75, 3.05) is 4.90 Å². The fourth-order valence-corrected chi connectivity index (χ4v) is 4.17. The molecule has 0 spiro atoms. The maximum atomic E-state index is 12.5. The van der Waals surface area contributed by atoms with Crippen molar-refractivity contribution in [1.29, 1.82) is 0 Å². The Morgan fingerprint density at radius 3 is 2.69 bits per heavy atom. The molecule has 2 aromatic rings. The van der Waals surface area contributed by atoms with Gasteiger partial charge in [-0.15, -0.1) is 0 Å². The Labute approximate surface area is 155 Å². The molecule has 2 aliphatic heterocycles. The molecule has 4 nitrogen and oxygen atoms in total. The van der Waals surface area contributed by atoms with E-state index >= 15 is 0 Å². The zero-order valence-electron chi connectivity index (χ0n) is 15.6. The first kappa shape index (κ1) is 17.1. The van der Waals surface area contributed by atoms with E-state index < -0.39 is 0 Å². The third kappa shape index (κ3) is 2.99. The van der Waals surface area contributed by atoms with Gasteiger partial charge in [0.1, 0.15) is 6.10 Å². The van der Waals surface area contributed by atoms with Crippen LogP contribution in [0.4, 0.5) is 10.5 Å². The SMILES string of the molecule is CC(C)C1NCc2cc(N3C(=O)OC(C)C3Cc3ccccc3)ccc21. The second-order valence-electron chi connectivity index (χ2n) is 7.70. The highest BCUT2D eigenvalue weighted by Crippen LogP contribution is 2.36. The standard InChI is InChI=1S/C22H26N2O2/c1-14(2)21-19-10-9-18(12-17(19)13-23-21)24-20(15(3)26-22(24)25)11-16-7-5-4-6-8-16/h4-10,12,14-15,20-21,23H,11,13H2,1-3H3. The van der Waals surface area contributed by atoms with Crippen LogP contribution in [0.1, 0.15) is 43.5 Å². The quantitative estimate of drug-likeness (QED) is 0.886. The fraction of sp³-hybridized carbons (Fsp3) is 0.409. The van der Waals surface area contributed by atoms with Crippen molar-refractivity contribution in [2.24, 2.45) is 5.92 Å². The Kier molecular flexibility index (Phi) is 4.45. The summed E-state index contributed by atoms with van der Waals surface area (Å²) in [6, 6.07) is 17.1. The summed E-state index contributed by atoms with van der Waals surface area (Å²) in [6.45, 7) is 7.30. The third-order valence-corrected chi connectivity index (χ3v) is 5.56. The van der Waals surface area contributed by atoms with Gasteiger partial charge in [-0.25, -0.2) is 4.79 Å². The van der Waals surface area contributed by atoms with Crippen molar-refractivity contribution in [1.82, 2.24) is 5.32 Å². The zero-order valence-corrected chi connectivity index (χ0v) is 15.6. The fourth-order valence-electron chi connectivity index (χ4n) is 4.17. The van der Waals surface area contributed by atoms with Crippen molar-refractivity contribution in [3.05, 3.63) is 65.2 Å². The van der Waals surface area contributed by atoms with E-state index in [1.807, 2.05) is 30.0 Å². The van der Waals surface area contributed by atoms with Crippen molar-refractivity contribution in [3.8, 4) is 0 Å². The molecule has 1 N–H and O–H groups in total.